The first-order chi connectivity index (χ1) is 11.0. The topological polar surface area (TPSA) is 52.6 Å². The van der Waals surface area contributed by atoms with E-state index in [1.54, 1.807) is 36.4 Å². The number of rotatable bonds is 6. The fraction of sp³-hybridized carbons (Fsp3) is 0.222. The van der Waals surface area contributed by atoms with Gasteiger partial charge in [-0.1, -0.05) is 23.7 Å². The Morgan fingerprint density at radius 1 is 1.04 bits per heavy atom. The zero-order valence-electron chi connectivity index (χ0n) is 13.2. The summed E-state index contributed by atoms with van der Waals surface area (Å²) in [6, 6.07) is 9.95. The van der Waals surface area contributed by atoms with Gasteiger partial charge in [0.1, 0.15) is 5.78 Å². The molecule has 2 rings (SSSR count). The third kappa shape index (κ3) is 3.90. The first kappa shape index (κ1) is 17.0. The quantitative estimate of drug-likeness (QED) is 0.756. The fourth-order valence-corrected chi connectivity index (χ4v) is 2.52. The first-order valence-corrected chi connectivity index (χ1v) is 7.38. The van der Waals surface area contributed by atoms with Gasteiger partial charge in [0.05, 0.1) is 14.2 Å². The van der Waals surface area contributed by atoms with Crippen LogP contribution in [0.15, 0.2) is 36.4 Å². The van der Waals surface area contributed by atoms with Crippen molar-refractivity contribution >= 4 is 23.2 Å². The Bertz CT molecular complexity index is 753. The zero-order valence-corrected chi connectivity index (χ0v) is 13.9. The molecule has 0 aliphatic rings. The molecule has 0 fully saturated rings. The van der Waals surface area contributed by atoms with E-state index < -0.39 is 0 Å². The number of Topliss-reactive ketones (excluding diaryl/α,β-unsaturated/α-hetero) is 1. The van der Waals surface area contributed by atoms with Crippen molar-refractivity contribution in [3.8, 4) is 11.5 Å². The summed E-state index contributed by atoms with van der Waals surface area (Å²) >= 11 is 5.96. The van der Waals surface area contributed by atoms with Crippen molar-refractivity contribution in [2.75, 3.05) is 14.2 Å². The van der Waals surface area contributed by atoms with Crippen LogP contribution >= 0.6 is 11.6 Å². The molecule has 2 aromatic rings. The van der Waals surface area contributed by atoms with Gasteiger partial charge < -0.3 is 9.47 Å². The van der Waals surface area contributed by atoms with E-state index in [9.17, 15) is 9.59 Å². The van der Waals surface area contributed by atoms with Gasteiger partial charge in [0.25, 0.3) is 0 Å². The van der Waals surface area contributed by atoms with Crippen LogP contribution < -0.4 is 9.47 Å². The molecule has 0 amide bonds. The summed E-state index contributed by atoms with van der Waals surface area (Å²) in [5.74, 6) is 0.652. The zero-order chi connectivity index (χ0) is 17.0. The monoisotopic (exact) mass is 332 g/mol. The Morgan fingerprint density at radius 3 is 2.26 bits per heavy atom. The van der Waals surface area contributed by atoms with Crippen LogP contribution in [0.5, 0.6) is 11.5 Å². The number of hydrogen-bond donors (Lipinski definition) is 0. The molecule has 0 aromatic heterocycles. The molecule has 0 unspecified atom stereocenters. The average molecular weight is 333 g/mol. The van der Waals surface area contributed by atoms with Crippen molar-refractivity contribution in [3.05, 3.63) is 58.1 Å². The predicted molar refractivity (Wildman–Crippen MR) is 88.8 cm³/mol. The highest BCUT2D eigenvalue weighted by molar-refractivity contribution is 6.31. The second kappa shape index (κ2) is 7.29. The molecule has 23 heavy (non-hydrogen) atoms. The maximum Gasteiger partial charge on any atom is 0.193 e. The van der Waals surface area contributed by atoms with Crippen molar-refractivity contribution < 1.29 is 19.1 Å². The molecular weight excluding hydrogens is 316 g/mol. The number of methoxy groups -OCH3 is 2. The molecule has 4 nitrogen and oxygen atoms in total. The van der Waals surface area contributed by atoms with Crippen LogP contribution in [-0.2, 0) is 11.2 Å². The molecule has 0 spiro atoms. The van der Waals surface area contributed by atoms with Gasteiger partial charge in [0.15, 0.2) is 17.3 Å². The highest BCUT2D eigenvalue weighted by Crippen LogP contribution is 2.32. The van der Waals surface area contributed by atoms with Crippen LogP contribution in [0.25, 0.3) is 0 Å². The van der Waals surface area contributed by atoms with Gasteiger partial charge in [0, 0.05) is 22.6 Å². The van der Waals surface area contributed by atoms with Crippen molar-refractivity contribution in [1.29, 1.82) is 0 Å². The van der Waals surface area contributed by atoms with E-state index in [1.807, 2.05) is 0 Å². The summed E-state index contributed by atoms with van der Waals surface area (Å²) in [6.07, 6.45) is 0.141. The lowest BCUT2D eigenvalue weighted by atomic mass is 9.95. The van der Waals surface area contributed by atoms with E-state index in [-0.39, 0.29) is 18.0 Å². The SMILES string of the molecule is COc1cc(CC(C)=O)c(C(=O)c2cccc(Cl)c2)cc1OC. The Balaban J connectivity index is 2.58. The van der Waals surface area contributed by atoms with Crippen molar-refractivity contribution in [1.82, 2.24) is 0 Å². The standard InChI is InChI=1S/C18H17ClO4/c1-11(20)7-13-9-16(22-2)17(23-3)10-15(13)18(21)12-5-4-6-14(19)8-12/h4-6,8-10H,7H2,1-3H3. The largest absolute Gasteiger partial charge is 0.493 e. The van der Waals surface area contributed by atoms with E-state index in [2.05, 4.69) is 0 Å². The molecule has 0 saturated carbocycles. The number of benzene rings is 2. The Morgan fingerprint density at radius 2 is 1.70 bits per heavy atom. The minimum absolute atomic E-state index is 0.0441. The van der Waals surface area contributed by atoms with E-state index in [0.717, 1.165) is 0 Å². The molecule has 0 N–H and O–H groups in total. The average Bonchev–Trinajstić information content (AvgIpc) is 2.53. The van der Waals surface area contributed by atoms with E-state index >= 15 is 0 Å². The van der Waals surface area contributed by atoms with Crippen molar-refractivity contribution in [2.45, 2.75) is 13.3 Å². The summed E-state index contributed by atoms with van der Waals surface area (Å²) < 4.78 is 10.5. The van der Waals surface area contributed by atoms with Crippen LogP contribution in [0, 0.1) is 0 Å². The summed E-state index contributed by atoms with van der Waals surface area (Å²) in [5, 5.41) is 0.476. The molecule has 2 aromatic carbocycles. The van der Waals surface area contributed by atoms with E-state index in [4.69, 9.17) is 21.1 Å². The van der Waals surface area contributed by atoms with Gasteiger partial charge in [-0.3, -0.25) is 9.59 Å². The van der Waals surface area contributed by atoms with E-state index in [0.29, 0.717) is 33.2 Å². The third-order valence-electron chi connectivity index (χ3n) is 3.38. The maximum atomic E-state index is 12.8. The smallest absolute Gasteiger partial charge is 0.193 e. The predicted octanol–water partition coefficient (Wildman–Crippen LogP) is 3.72. The second-order valence-corrected chi connectivity index (χ2v) is 5.52. The van der Waals surface area contributed by atoms with Crippen molar-refractivity contribution in [3.63, 3.8) is 0 Å². The Kier molecular flexibility index (Phi) is 5.40. The summed E-state index contributed by atoms with van der Waals surface area (Å²) in [7, 11) is 3.00. The van der Waals surface area contributed by atoms with Gasteiger partial charge >= 0.3 is 0 Å². The number of carbonyl (C=O) groups is 2. The number of carbonyl (C=O) groups excluding carboxylic acids is 2. The molecule has 0 aliphatic heterocycles. The van der Waals surface area contributed by atoms with Crippen LogP contribution in [0.2, 0.25) is 5.02 Å². The van der Waals surface area contributed by atoms with Crippen molar-refractivity contribution in [2.24, 2.45) is 0 Å². The molecule has 0 heterocycles. The van der Waals surface area contributed by atoms with Crippen LogP contribution in [0.3, 0.4) is 0 Å². The Labute approximate surface area is 140 Å². The van der Waals surface area contributed by atoms with Gasteiger partial charge in [-0.2, -0.15) is 0 Å². The third-order valence-corrected chi connectivity index (χ3v) is 3.62. The lowest BCUT2D eigenvalue weighted by molar-refractivity contribution is -0.116. The lowest BCUT2D eigenvalue weighted by Gasteiger charge is -2.14. The molecule has 0 bridgehead atoms. The molecule has 0 radical (unpaired) electrons. The fourth-order valence-electron chi connectivity index (χ4n) is 2.33. The lowest BCUT2D eigenvalue weighted by Crippen LogP contribution is -2.09. The van der Waals surface area contributed by atoms with Gasteiger partial charge in [-0.15, -0.1) is 0 Å². The number of ketones is 2. The summed E-state index contributed by atoms with van der Waals surface area (Å²) in [5.41, 5.74) is 1.45. The first-order valence-electron chi connectivity index (χ1n) is 7.01. The highest BCUT2D eigenvalue weighted by atomic mass is 35.5. The highest BCUT2D eigenvalue weighted by Gasteiger charge is 2.19. The normalized spacial score (nSPS) is 10.3. The Hall–Kier alpha value is -2.33. The minimum atomic E-state index is -0.218. The minimum Gasteiger partial charge on any atom is -0.493 e. The molecule has 5 heteroatoms. The van der Waals surface area contributed by atoms with Crippen LogP contribution in [0.4, 0.5) is 0 Å². The maximum absolute atomic E-state index is 12.8. The summed E-state index contributed by atoms with van der Waals surface area (Å²) in [4.78, 5) is 24.3. The molecule has 0 atom stereocenters. The number of ether oxygens (including phenoxy) is 2. The summed E-state index contributed by atoms with van der Waals surface area (Å²) in [6.45, 7) is 1.48. The molecule has 0 aliphatic carbocycles. The second-order valence-electron chi connectivity index (χ2n) is 5.08. The molecule has 0 saturated heterocycles. The van der Waals surface area contributed by atoms with Gasteiger partial charge in [0.2, 0.25) is 0 Å². The van der Waals surface area contributed by atoms with Crippen LogP contribution in [0.1, 0.15) is 28.4 Å². The van der Waals surface area contributed by atoms with Gasteiger partial charge in [-0.05, 0) is 36.8 Å². The molecular formula is C18H17ClO4. The van der Waals surface area contributed by atoms with Crippen LogP contribution in [-0.4, -0.2) is 25.8 Å². The number of halogens is 1. The van der Waals surface area contributed by atoms with Gasteiger partial charge in [-0.25, -0.2) is 0 Å². The van der Waals surface area contributed by atoms with E-state index in [1.165, 1.54) is 21.1 Å². The number of hydrogen-bond acceptors (Lipinski definition) is 4. The molecule has 120 valence electrons.